The summed E-state index contributed by atoms with van der Waals surface area (Å²) >= 11 is 5.75. The molecule has 0 radical (unpaired) electrons. The lowest BCUT2D eigenvalue weighted by Gasteiger charge is -2.12. The Labute approximate surface area is 98.4 Å². The van der Waals surface area contributed by atoms with E-state index in [-0.39, 0.29) is 30.4 Å². The van der Waals surface area contributed by atoms with Gasteiger partial charge in [-0.2, -0.15) is 0 Å². The average molecular weight is 245 g/mol. The van der Waals surface area contributed by atoms with E-state index in [2.05, 4.69) is 0 Å². The lowest BCUT2D eigenvalue weighted by atomic mass is 10.2. The topological polar surface area (TPSA) is 66.8 Å². The zero-order valence-corrected chi connectivity index (χ0v) is 9.57. The van der Waals surface area contributed by atoms with Crippen molar-refractivity contribution in [2.75, 3.05) is 13.2 Å². The molecule has 0 fully saturated rings. The molecule has 0 spiro atoms. The highest BCUT2D eigenvalue weighted by molar-refractivity contribution is 6.30. The van der Waals surface area contributed by atoms with E-state index < -0.39 is 5.97 Å². The summed E-state index contributed by atoms with van der Waals surface area (Å²) in [6.07, 6.45) is 0. The number of carboxylic acid groups (broad SMARTS) is 1. The Morgan fingerprint density at radius 3 is 2.81 bits per heavy atom. The molecule has 1 aromatic rings. The van der Waals surface area contributed by atoms with Crippen LogP contribution in [0.3, 0.4) is 0 Å². The number of benzene rings is 1. The Balaban J connectivity index is 2.84. The Bertz CT molecular complexity index is 378. The van der Waals surface area contributed by atoms with E-state index in [4.69, 9.17) is 26.6 Å². The molecule has 1 rings (SSSR count). The third-order valence-corrected chi connectivity index (χ3v) is 2.24. The lowest BCUT2D eigenvalue weighted by molar-refractivity contribution is 0.0690. The number of carboxylic acids is 1. The van der Waals surface area contributed by atoms with Gasteiger partial charge in [0, 0.05) is 17.5 Å². The Morgan fingerprint density at radius 1 is 1.56 bits per heavy atom. The van der Waals surface area contributed by atoms with Gasteiger partial charge in [-0.05, 0) is 18.2 Å². The maximum absolute atomic E-state index is 10.9. The summed E-state index contributed by atoms with van der Waals surface area (Å²) in [7, 11) is 0. The minimum absolute atomic E-state index is 0.0109. The van der Waals surface area contributed by atoms with Crippen LogP contribution >= 0.6 is 11.6 Å². The zero-order chi connectivity index (χ0) is 12.1. The van der Waals surface area contributed by atoms with Crippen LogP contribution in [0.4, 0.5) is 0 Å². The molecule has 0 aromatic heterocycles. The van der Waals surface area contributed by atoms with Crippen molar-refractivity contribution in [1.29, 1.82) is 0 Å². The van der Waals surface area contributed by atoms with Gasteiger partial charge in [-0.3, -0.25) is 0 Å². The molecule has 1 aromatic carbocycles. The van der Waals surface area contributed by atoms with Crippen LogP contribution in [0.25, 0.3) is 0 Å². The minimum atomic E-state index is -1.07. The highest BCUT2D eigenvalue weighted by Gasteiger charge is 2.12. The van der Waals surface area contributed by atoms with Crippen LogP contribution in [0.1, 0.15) is 17.3 Å². The average Bonchev–Trinajstić information content (AvgIpc) is 2.25. The highest BCUT2D eigenvalue weighted by Crippen LogP contribution is 2.23. The van der Waals surface area contributed by atoms with Crippen LogP contribution in [0.2, 0.25) is 5.02 Å². The van der Waals surface area contributed by atoms with Crippen molar-refractivity contribution in [2.45, 2.75) is 6.92 Å². The molecule has 4 nitrogen and oxygen atoms in total. The number of aromatic carboxylic acids is 1. The van der Waals surface area contributed by atoms with E-state index in [1.807, 2.05) is 0 Å². The van der Waals surface area contributed by atoms with Crippen LogP contribution in [0.5, 0.6) is 5.75 Å². The molecule has 5 heteroatoms. The van der Waals surface area contributed by atoms with E-state index in [0.29, 0.717) is 5.02 Å². The van der Waals surface area contributed by atoms with Crippen molar-refractivity contribution in [1.82, 2.24) is 0 Å². The minimum Gasteiger partial charge on any atom is -0.492 e. The van der Waals surface area contributed by atoms with Gasteiger partial charge in [-0.15, -0.1) is 0 Å². The summed E-state index contributed by atoms with van der Waals surface area (Å²) in [5.41, 5.74) is 0.0644. The molecular weight excluding hydrogens is 232 g/mol. The van der Waals surface area contributed by atoms with Gasteiger partial charge in [-0.25, -0.2) is 4.79 Å². The molecule has 0 heterocycles. The van der Waals surface area contributed by atoms with Crippen molar-refractivity contribution in [2.24, 2.45) is 5.92 Å². The molecule has 0 saturated carbocycles. The van der Waals surface area contributed by atoms with E-state index >= 15 is 0 Å². The second kappa shape index (κ2) is 5.72. The number of hydrogen-bond donors (Lipinski definition) is 2. The maximum Gasteiger partial charge on any atom is 0.339 e. The molecule has 0 bridgehead atoms. The predicted octanol–water partition coefficient (Wildman–Crippen LogP) is 2.05. The number of rotatable bonds is 5. The van der Waals surface area contributed by atoms with Gasteiger partial charge in [0.1, 0.15) is 11.3 Å². The number of aliphatic hydroxyl groups excluding tert-OH is 1. The van der Waals surface area contributed by atoms with Gasteiger partial charge < -0.3 is 14.9 Å². The molecule has 0 aliphatic carbocycles. The second-order valence-corrected chi connectivity index (χ2v) is 3.98. The molecule has 0 saturated heterocycles. The molecule has 0 aliphatic rings. The van der Waals surface area contributed by atoms with Gasteiger partial charge in [0.05, 0.1) is 6.61 Å². The van der Waals surface area contributed by atoms with Crippen LogP contribution in [0, 0.1) is 5.92 Å². The van der Waals surface area contributed by atoms with Crippen LogP contribution in [-0.4, -0.2) is 29.4 Å². The summed E-state index contributed by atoms with van der Waals surface area (Å²) < 4.78 is 5.31. The smallest absolute Gasteiger partial charge is 0.339 e. The SMILES string of the molecule is CC(CO)COc1cc(Cl)ccc1C(=O)O. The van der Waals surface area contributed by atoms with Crippen molar-refractivity contribution < 1.29 is 19.7 Å². The van der Waals surface area contributed by atoms with Crippen molar-refractivity contribution >= 4 is 17.6 Å². The predicted molar refractivity (Wildman–Crippen MR) is 60.2 cm³/mol. The summed E-state index contributed by atoms with van der Waals surface area (Å²) in [4.78, 5) is 10.9. The van der Waals surface area contributed by atoms with Gasteiger partial charge in [0.15, 0.2) is 0 Å². The van der Waals surface area contributed by atoms with Crippen LogP contribution < -0.4 is 4.74 Å². The number of halogens is 1. The van der Waals surface area contributed by atoms with Crippen LogP contribution in [-0.2, 0) is 0 Å². The first kappa shape index (κ1) is 12.8. The van der Waals surface area contributed by atoms with Gasteiger partial charge >= 0.3 is 5.97 Å². The van der Waals surface area contributed by atoms with E-state index in [1.165, 1.54) is 18.2 Å². The first-order valence-electron chi connectivity index (χ1n) is 4.81. The fraction of sp³-hybridized carbons (Fsp3) is 0.364. The van der Waals surface area contributed by atoms with Crippen molar-refractivity contribution in [3.8, 4) is 5.75 Å². The van der Waals surface area contributed by atoms with E-state index in [9.17, 15) is 4.79 Å². The maximum atomic E-state index is 10.9. The lowest BCUT2D eigenvalue weighted by Crippen LogP contribution is -2.13. The third kappa shape index (κ3) is 3.40. The molecule has 88 valence electrons. The zero-order valence-electron chi connectivity index (χ0n) is 8.81. The second-order valence-electron chi connectivity index (χ2n) is 3.54. The summed E-state index contributed by atoms with van der Waals surface area (Å²) in [6.45, 7) is 2.03. The van der Waals surface area contributed by atoms with E-state index in [1.54, 1.807) is 6.92 Å². The molecule has 16 heavy (non-hydrogen) atoms. The van der Waals surface area contributed by atoms with Crippen LogP contribution in [0.15, 0.2) is 18.2 Å². The van der Waals surface area contributed by atoms with Gasteiger partial charge in [0.2, 0.25) is 0 Å². The molecular formula is C11H13ClO4. The normalized spacial score (nSPS) is 12.2. The Kier molecular flexibility index (Phi) is 4.58. The fourth-order valence-corrected chi connectivity index (χ4v) is 1.24. The van der Waals surface area contributed by atoms with E-state index in [0.717, 1.165) is 0 Å². The molecule has 0 aliphatic heterocycles. The fourth-order valence-electron chi connectivity index (χ4n) is 1.08. The first-order chi connectivity index (χ1) is 7.54. The first-order valence-corrected chi connectivity index (χ1v) is 5.19. The van der Waals surface area contributed by atoms with Gasteiger partial charge in [-0.1, -0.05) is 18.5 Å². The largest absolute Gasteiger partial charge is 0.492 e. The highest BCUT2D eigenvalue weighted by atomic mass is 35.5. The third-order valence-electron chi connectivity index (χ3n) is 2.01. The molecule has 0 amide bonds. The monoisotopic (exact) mass is 244 g/mol. The summed E-state index contributed by atoms with van der Waals surface area (Å²) in [5, 5.41) is 18.1. The quantitative estimate of drug-likeness (QED) is 0.832. The molecule has 1 unspecified atom stereocenters. The molecule has 1 atom stereocenters. The number of carbonyl (C=O) groups is 1. The summed E-state index contributed by atoms with van der Waals surface area (Å²) in [5.74, 6) is -0.899. The molecule has 2 N–H and O–H groups in total. The Hall–Kier alpha value is -1.26. The standard InChI is InChI=1S/C11H13ClO4/c1-7(5-13)6-16-10-4-8(12)2-3-9(10)11(14)15/h2-4,7,13H,5-6H2,1H3,(H,14,15). The Morgan fingerprint density at radius 2 is 2.25 bits per heavy atom. The number of aliphatic hydroxyl groups is 1. The van der Waals surface area contributed by atoms with Gasteiger partial charge in [0.25, 0.3) is 0 Å². The number of hydrogen-bond acceptors (Lipinski definition) is 3. The number of ether oxygens (including phenoxy) is 1. The van der Waals surface area contributed by atoms with Crippen molar-refractivity contribution in [3.05, 3.63) is 28.8 Å². The summed E-state index contributed by atoms with van der Waals surface area (Å²) in [6, 6.07) is 4.34. The van der Waals surface area contributed by atoms with Crippen molar-refractivity contribution in [3.63, 3.8) is 0 Å².